The summed E-state index contributed by atoms with van der Waals surface area (Å²) in [5, 5.41) is 20.1. The van der Waals surface area contributed by atoms with Crippen LogP contribution in [0.4, 0.5) is 0 Å². The van der Waals surface area contributed by atoms with E-state index in [-0.39, 0.29) is 11.7 Å². The minimum absolute atomic E-state index is 0.106. The normalized spacial score (nSPS) is 11.0. The number of thiophene rings is 1. The van der Waals surface area contributed by atoms with Gasteiger partial charge in [-0.15, -0.1) is 11.3 Å². The van der Waals surface area contributed by atoms with Crippen LogP contribution in [0.5, 0.6) is 5.75 Å². The number of rotatable bonds is 5. The van der Waals surface area contributed by atoms with E-state index in [2.05, 4.69) is 15.6 Å². The van der Waals surface area contributed by atoms with E-state index in [1.165, 1.54) is 24.3 Å². The summed E-state index contributed by atoms with van der Waals surface area (Å²) in [4.78, 5) is 13.2. The molecule has 0 saturated carbocycles. The number of phenolic OH excluding ortho intramolecular Hbond substituents is 1. The maximum Gasteiger partial charge on any atom is 0.271 e. The summed E-state index contributed by atoms with van der Waals surface area (Å²) in [5.41, 5.74) is 5.43. The van der Waals surface area contributed by atoms with Crippen molar-refractivity contribution >= 4 is 23.5 Å². The minimum Gasteiger partial charge on any atom is -0.508 e. The van der Waals surface area contributed by atoms with Crippen LogP contribution in [0.15, 0.2) is 83.4 Å². The Labute approximate surface area is 165 Å². The highest BCUT2D eigenvalue weighted by Gasteiger charge is 2.12. The lowest BCUT2D eigenvalue weighted by Gasteiger charge is -1.99. The molecule has 6 nitrogen and oxygen atoms in total. The summed E-state index contributed by atoms with van der Waals surface area (Å²) < 4.78 is 1.79. The Morgan fingerprint density at radius 1 is 1.07 bits per heavy atom. The maximum atomic E-state index is 12.2. The first-order chi connectivity index (χ1) is 13.7. The molecule has 0 saturated heterocycles. The molecular formula is C21H16N4O2S. The van der Waals surface area contributed by atoms with Crippen LogP contribution in [0.2, 0.25) is 0 Å². The number of nitrogens with one attached hydrogen (secondary N) is 1. The molecule has 0 atom stereocenters. The number of hydrogen-bond acceptors (Lipinski definition) is 5. The molecule has 0 aliphatic rings. The van der Waals surface area contributed by atoms with Gasteiger partial charge in [0.25, 0.3) is 5.91 Å². The summed E-state index contributed by atoms with van der Waals surface area (Å²) in [5.74, 6) is -0.252. The first kappa shape index (κ1) is 17.7. The number of hydrazone groups is 1. The Morgan fingerprint density at radius 2 is 1.86 bits per heavy atom. The first-order valence-electron chi connectivity index (χ1n) is 8.52. The van der Waals surface area contributed by atoms with Gasteiger partial charge in [-0.05, 0) is 47.8 Å². The third-order valence-corrected chi connectivity index (χ3v) is 4.89. The number of aromatic hydroxyl groups is 1. The Balaban J connectivity index is 1.59. The van der Waals surface area contributed by atoms with Crippen molar-refractivity contribution in [2.45, 2.75) is 0 Å². The van der Waals surface area contributed by atoms with Gasteiger partial charge in [0.1, 0.15) is 11.4 Å². The highest BCUT2D eigenvalue weighted by molar-refractivity contribution is 7.13. The van der Waals surface area contributed by atoms with Crippen molar-refractivity contribution in [1.82, 2.24) is 15.2 Å². The van der Waals surface area contributed by atoms with E-state index < -0.39 is 0 Å². The van der Waals surface area contributed by atoms with Gasteiger partial charge in [-0.1, -0.05) is 24.3 Å². The van der Waals surface area contributed by atoms with Crippen LogP contribution in [0.3, 0.4) is 0 Å². The number of amides is 1. The van der Waals surface area contributed by atoms with E-state index in [0.717, 1.165) is 21.8 Å². The number of carbonyl (C=O) groups is 1. The average molecular weight is 388 g/mol. The van der Waals surface area contributed by atoms with Crippen LogP contribution in [0.25, 0.3) is 16.3 Å². The zero-order chi connectivity index (χ0) is 19.3. The Hall–Kier alpha value is -3.71. The largest absolute Gasteiger partial charge is 0.508 e. The molecule has 0 fully saturated rings. The molecule has 0 bridgehead atoms. The molecule has 2 heterocycles. The summed E-state index contributed by atoms with van der Waals surface area (Å²) in [6.45, 7) is 0. The molecule has 28 heavy (non-hydrogen) atoms. The van der Waals surface area contributed by atoms with Crippen LogP contribution in [0.1, 0.15) is 15.9 Å². The van der Waals surface area contributed by atoms with Crippen molar-refractivity contribution < 1.29 is 9.90 Å². The first-order valence-corrected chi connectivity index (χ1v) is 9.40. The van der Waals surface area contributed by atoms with Gasteiger partial charge in [-0.25, -0.2) is 10.1 Å². The third-order valence-electron chi connectivity index (χ3n) is 4.02. The SMILES string of the molecule is O=C(N/N=C\c1cn(-c2ccccc2)nc1-c1cccs1)c1ccc(O)cc1. The zero-order valence-corrected chi connectivity index (χ0v) is 15.5. The van der Waals surface area contributed by atoms with E-state index in [1.807, 2.05) is 54.0 Å². The van der Waals surface area contributed by atoms with Crippen molar-refractivity contribution in [1.29, 1.82) is 0 Å². The molecule has 0 aliphatic carbocycles. The Bertz CT molecular complexity index is 1100. The molecule has 0 unspecified atom stereocenters. The van der Waals surface area contributed by atoms with E-state index in [0.29, 0.717) is 5.56 Å². The molecule has 2 aromatic carbocycles. The van der Waals surface area contributed by atoms with Gasteiger partial charge < -0.3 is 5.11 Å². The molecule has 1 amide bonds. The van der Waals surface area contributed by atoms with Crippen molar-refractivity contribution in [2.24, 2.45) is 5.10 Å². The summed E-state index contributed by atoms with van der Waals surface area (Å²) in [7, 11) is 0. The van der Waals surface area contributed by atoms with E-state index >= 15 is 0 Å². The summed E-state index contributed by atoms with van der Waals surface area (Å²) in [6, 6.07) is 19.7. The van der Waals surface area contributed by atoms with Gasteiger partial charge in [-0.2, -0.15) is 10.2 Å². The van der Waals surface area contributed by atoms with Gasteiger partial charge in [0.05, 0.1) is 16.8 Å². The van der Waals surface area contributed by atoms with Crippen molar-refractivity contribution in [3.05, 3.63) is 89.4 Å². The van der Waals surface area contributed by atoms with Crippen LogP contribution < -0.4 is 5.43 Å². The number of nitrogens with zero attached hydrogens (tertiary/aromatic N) is 3. The third kappa shape index (κ3) is 3.84. The van der Waals surface area contributed by atoms with Crippen molar-refractivity contribution in [2.75, 3.05) is 0 Å². The van der Waals surface area contributed by atoms with Crippen molar-refractivity contribution in [3.63, 3.8) is 0 Å². The standard InChI is InChI=1S/C21H16N4O2S/c26-18-10-8-15(9-11-18)21(27)23-22-13-16-14-25(17-5-2-1-3-6-17)24-20(16)19-7-4-12-28-19/h1-14,26H,(H,23,27)/b22-13-. The molecule has 7 heteroatoms. The molecule has 0 spiro atoms. The number of benzene rings is 2. The molecule has 0 aliphatic heterocycles. The summed E-state index contributed by atoms with van der Waals surface area (Å²) in [6.07, 6.45) is 3.46. The molecule has 4 aromatic rings. The smallest absolute Gasteiger partial charge is 0.271 e. The molecule has 0 radical (unpaired) electrons. The number of phenols is 1. The Kier molecular flexibility index (Phi) is 4.99. The van der Waals surface area contributed by atoms with Gasteiger partial charge in [-0.3, -0.25) is 4.79 Å². The monoisotopic (exact) mass is 388 g/mol. The lowest BCUT2D eigenvalue weighted by molar-refractivity contribution is 0.0955. The van der Waals surface area contributed by atoms with Crippen LogP contribution in [0, 0.1) is 0 Å². The van der Waals surface area contributed by atoms with Gasteiger partial charge in [0.2, 0.25) is 0 Å². The quantitative estimate of drug-likeness (QED) is 0.399. The second-order valence-electron chi connectivity index (χ2n) is 5.94. The fourth-order valence-electron chi connectivity index (χ4n) is 2.64. The number of hydrogen-bond donors (Lipinski definition) is 2. The fourth-order valence-corrected chi connectivity index (χ4v) is 3.37. The molecule has 2 aromatic heterocycles. The highest BCUT2D eigenvalue weighted by Crippen LogP contribution is 2.26. The maximum absolute atomic E-state index is 12.2. The predicted octanol–water partition coefficient (Wildman–Crippen LogP) is 4.07. The minimum atomic E-state index is -0.357. The van der Waals surface area contributed by atoms with Crippen LogP contribution in [-0.4, -0.2) is 27.0 Å². The molecule has 4 rings (SSSR count). The van der Waals surface area contributed by atoms with Crippen LogP contribution >= 0.6 is 11.3 Å². The lowest BCUT2D eigenvalue weighted by atomic mass is 10.2. The Morgan fingerprint density at radius 3 is 2.57 bits per heavy atom. The predicted molar refractivity (Wildman–Crippen MR) is 110 cm³/mol. The van der Waals surface area contributed by atoms with E-state index in [4.69, 9.17) is 0 Å². The van der Waals surface area contributed by atoms with Crippen LogP contribution in [-0.2, 0) is 0 Å². The second kappa shape index (κ2) is 7.89. The molecule has 2 N–H and O–H groups in total. The van der Waals surface area contributed by atoms with Gasteiger partial charge in [0, 0.05) is 17.3 Å². The number of para-hydroxylation sites is 1. The fraction of sp³-hybridized carbons (Fsp3) is 0. The molecule has 138 valence electrons. The van der Waals surface area contributed by atoms with E-state index in [1.54, 1.807) is 22.2 Å². The summed E-state index contributed by atoms with van der Waals surface area (Å²) >= 11 is 1.59. The zero-order valence-electron chi connectivity index (χ0n) is 14.7. The van der Waals surface area contributed by atoms with Gasteiger partial charge in [0.15, 0.2) is 0 Å². The van der Waals surface area contributed by atoms with Gasteiger partial charge >= 0.3 is 0 Å². The van der Waals surface area contributed by atoms with E-state index in [9.17, 15) is 9.90 Å². The topological polar surface area (TPSA) is 79.5 Å². The van der Waals surface area contributed by atoms with Crippen molar-refractivity contribution in [3.8, 4) is 22.0 Å². The lowest BCUT2D eigenvalue weighted by Crippen LogP contribution is -2.17. The second-order valence-corrected chi connectivity index (χ2v) is 6.88. The number of aromatic nitrogens is 2. The molecular weight excluding hydrogens is 372 g/mol. The number of carbonyl (C=O) groups excluding carboxylic acids is 1. The highest BCUT2D eigenvalue weighted by atomic mass is 32.1. The average Bonchev–Trinajstić information content (AvgIpc) is 3.39.